The van der Waals surface area contributed by atoms with Crippen LogP contribution in [0.25, 0.3) is 0 Å². The average Bonchev–Trinajstić information content (AvgIpc) is 3.33. The third kappa shape index (κ3) is 5.28. The van der Waals surface area contributed by atoms with E-state index in [-0.39, 0.29) is 29.8 Å². The van der Waals surface area contributed by atoms with Crippen LogP contribution in [0.4, 0.5) is 5.13 Å². The number of hydrogen-bond acceptors (Lipinski definition) is 8. The molecule has 2 aromatic rings. The molecule has 4 rings (SSSR count). The van der Waals surface area contributed by atoms with E-state index in [2.05, 4.69) is 24.1 Å². The van der Waals surface area contributed by atoms with Crippen molar-refractivity contribution in [3.8, 4) is 11.5 Å². The lowest BCUT2D eigenvalue weighted by atomic mass is 9.47. The van der Waals surface area contributed by atoms with Crippen molar-refractivity contribution in [2.45, 2.75) is 58.0 Å². The van der Waals surface area contributed by atoms with Crippen molar-refractivity contribution in [3.05, 3.63) is 47.0 Å². The van der Waals surface area contributed by atoms with Gasteiger partial charge in [0.15, 0.2) is 16.6 Å². The molecule has 0 aliphatic heterocycles. The van der Waals surface area contributed by atoms with E-state index in [0.29, 0.717) is 43.9 Å². The van der Waals surface area contributed by atoms with Gasteiger partial charge in [-0.2, -0.15) is 0 Å². The van der Waals surface area contributed by atoms with Gasteiger partial charge in [-0.15, -0.1) is 17.9 Å². The molecule has 208 valence electrons. The maximum atomic E-state index is 13.3. The highest BCUT2D eigenvalue weighted by atomic mass is 32.1. The number of carbonyl (C=O) groups excluding carboxylic acids is 1. The van der Waals surface area contributed by atoms with Crippen molar-refractivity contribution in [2.24, 2.45) is 16.7 Å². The van der Waals surface area contributed by atoms with E-state index in [1.165, 1.54) is 0 Å². The highest BCUT2D eigenvalue weighted by molar-refractivity contribution is 7.15. The molecule has 1 heterocycles. The van der Waals surface area contributed by atoms with Gasteiger partial charge in [-0.1, -0.05) is 26.0 Å². The molecule has 1 aromatic heterocycles. The van der Waals surface area contributed by atoms with Crippen LogP contribution in [0.2, 0.25) is 0 Å². The zero-order chi connectivity index (χ0) is 27.5. The number of carbonyl (C=O) groups is 1. The molecule has 2 aliphatic carbocycles. The number of aliphatic hydroxyl groups excluding tert-OH is 2. The molecule has 1 fully saturated rings. The molecule has 9 heteroatoms. The molecule has 5 atom stereocenters. The second-order valence-electron chi connectivity index (χ2n) is 11.0. The normalized spacial score (nSPS) is 28.1. The van der Waals surface area contributed by atoms with Crippen LogP contribution in [0, 0.1) is 16.7 Å². The van der Waals surface area contributed by atoms with Crippen molar-refractivity contribution in [1.29, 1.82) is 0 Å². The molecule has 0 bridgehead atoms. The molecule has 3 unspecified atom stereocenters. The number of nitrogens with zero attached hydrogens (tertiary/aromatic N) is 1. The van der Waals surface area contributed by atoms with Crippen LogP contribution in [0.3, 0.4) is 0 Å². The Kier molecular flexibility index (Phi) is 8.69. The zero-order valence-electron chi connectivity index (χ0n) is 22.9. The number of rotatable bonds is 11. The van der Waals surface area contributed by atoms with Crippen LogP contribution in [-0.2, 0) is 17.6 Å². The predicted molar refractivity (Wildman–Crippen MR) is 150 cm³/mol. The van der Waals surface area contributed by atoms with E-state index >= 15 is 0 Å². The molecule has 0 radical (unpaired) electrons. The number of methoxy groups -OCH3 is 2. The standard InChI is InChI=1S/C29H41N3O5S/c1-6-12-31-27-32-26-19(15-25(35)30-13-10-18-7-8-20(36-4)21(14-18)37-5)28(2)11-9-24(34)29(3,17-33)23(28)16-22(26)38-27/h6-8,14,19,23-24,33-34H,1,9-13,15-17H2,2-5H3,(H,30,35)(H,31,32)/t19?,23?,24?,28-,29-/m0/s1. The van der Waals surface area contributed by atoms with Crippen molar-refractivity contribution in [2.75, 3.05) is 39.2 Å². The topological polar surface area (TPSA) is 113 Å². The first-order valence-corrected chi connectivity index (χ1v) is 14.1. The number of amides is 1. The van der Waals surface area contributed by atoms with Gasteiger partial charge in [0.25, 0.3) is 0 Å². The summed E-state index contributed by atoms with van der Waals surface area (Å²) in [5.74, 6) is 1.25. The second kappa shape index (κ2) is 11.6. The number of nitrogens with one attached hydrogen (secondary N) is 2. The number of benzene rings is 1. The molecule has 4 N–H and O–H groups in total. The number of thiazole rings is 1. The number of hydrogen-bond donors (Lipinski definition) is 4. The zero-order valence-corrected chi connectivity index (χ0v) is 23.7. The van der Waals surface area contributed by atoms with Gasteiger partial charge in [0.05, 0.1) is 32.6 Å². The Bertz CT molecular complexity index is 1150. The molecular weight excluding hydrogens is 502 g/mol. The summed E-state index contributed by atoms with van der Waals surface area (Å²) in [6.45, 7) is 9.02. The van der Waals surface area contributed by atoms with Crippen molar-refractivity contribution >= 4 is 22.4 Å². The summed E-state index contributed by atoms with van der Waals surface area (Å²) in [6.07, 6.45) is 4.33. The number of aliphatic hydroxyl groups is 2. The summed E-state index contributed by atoms with van der Waals surface area (Å²) in [5.41, 5.74) is 1.12. The molecular formula is C29H41N3O5S. The highest BCUT2D eigenvalue weighted by Crippen LogP contribution is 2.62. The van der Waals surface area contributed by atoms with Crippen LogP contribution >= 0.6 is 11.3 Å². The summed E-state index contributed by atoms with van der Waals surface area (Å²) >= 11 is 1.61. The quantitative estimate of drug-likeness (QED) is 0.318. The van der Waals surface area contributed by atoms with Gasteiger partial charge >= 0.3 is 0 Å². The van der Waals surface area contributed by atoms with Crippen molar-refractivity contribution in [3.63, 3.8) is 0 Å². The van der Waals surface area contributed by atoms with E-state index in [1.54, 1.807) is 31.6 Å². The maximum Gasteiger partial charge on any atom is 0.220 e. The van der Waals surface area contributed by atoms with Crippen LogP contribution in [0.1, 0.15) is 55.2 Å². The molecule has 38 heavy (non-hydrogen) atoms. The summed E-state index contributed by atoms with van der Waals surface area (Å²) in [6, 6.07) is 5.78. The first kappa shape index (κ1) is 28.4. The molecule has 0 saturated heterocycles. The van der Waals surface area contributed by atoms with Crippen LogP contribution in [0.5, 0.6) is 11.5 Å². The van der Waals surface area contributed by atoms with Gasteiger partial charge in [-0.25, -0.2) is 4.98 Å². The molecule has 2 aliphatic rings. The third-order valence-electron chi connectivity index (χ3n) is 8.86. The minimum absolute atomic E-state index is 0.0197. The first-order chi connectivity index (χ1) is 18.2. The lowest BCUT2D eigenvalue weighted by Crippen LogP contribution is -2.57. The van der Waals surface area contributed by atoms with E-state index in [1.807, 2.05) is 25.1 Å². The van der Waals surface area contributed by atoms with Crippen molar-refractivity contribution in [1.82, 2.24) is 10.3 Å². The van der Waals surface area contributed by atoms with E-state index in [9.17, 15) is 15.0 Å². The maximum absolute atomic E-state index is 13.3. The fraction of sp³-hybridized carbons (Fsp3) is 0.586. The minimum atomic E-state index is -0.633. The van der Waals surface area contributed by atoms with Gasteiger partial charge in [-0.05, 0) is 54.7 Å². The smallest absolute Gasteiger partial charge is 0.220 e. The van der Waals surface area contributed by atoms with E-state index in [4.69, 9.17) is 14.5 Å². The Morgan fingerprint density at radius 3 is 2.74 bits per heavy atom. The summed E-state index contributed by atoms with van der Waals surface area (Å²) in [4.78, 5) is 19.4. The Balaban J connectivity index is 1.53. The van der Waals surface area contributed by atoms with Crippen LogP contribution in [0.15, 0.2) is 30.9 Å². The first-order valence-electron chi connectivity index (χ1n) is 13.3. The Morgan fingerprint density at radius 1 is 1.29 bits per heavy atom. The Labute approximate surface area is 229 Å². The van der Waals surface area contributed by atoms with E-state index in [0.717, 1.165) is 34.1 Å². The van der Waals surface area contributed by atoms with Gasteiger partial charge in [0.2, 0.25) is 5.91 Å². The number of aromatic nitrogens is 1. The summed E-state index contributed by atoms with van der Waals surface area (Å²) in [5, 5.41) is 28.6. The van der Waals surface area contributed by atoms with Gasteiger partial charge in [0, 0.05) is 35.7 Å². The molecule has 1 aromatic carbocycles. The lowest BCUT2D eigenvalue weighted by Gasteiger charge is -2.58. The molecule has 1 amide bonds. The monoisotopic (exact) mass is 543 g/mol. The predicted octanol–water partition coefficient (Wildman–Crippen LogP) is 3.92. The molecule has 8 nitrogen and oxygen atoms in total. The lowest BCUT2D eigenvalue weighted by molar-refractivity contribution is -0.144. The number of ether oxygens (including phenoxy) is 2. The van der Waals surface area contributed by atoms with Gasteiger partial charge in [0.1, 0.15) is 0 Å². The van der Waals surface area contributed by atoms with Gasteiger partial charge in [-0.3, -0.25) is 4.79 Å². The summed E-state index contributed by atoms with van der Waals surface area (Å²) < 4.78 is 10.7. The molecule has 0 spiro atoms. The van der Waals surface area contributed by atoms with E-state index < -0.39 is 11.5 Å². The average molecular weight is 544 g/mol. The fourth-order valence-corrected chi connectivity index (χ4v) is 7.60. The Morgan fingerprint density at radius 2 is 2.05 bits per heavy atom. The SMILES string of the molecule is C=CCNc1nc2c(s1)CC1[C@@](C)(CCC(O)[C@@]1(C)CO)C2CC(=O)NCCc1ccc(OC)c(OC)c1. The Hall–Kier alpha value is -2.62. The summed E-state index contributed by atoms with van der Waals surface area (Å²) in [7, 11) is 3.22. The minimum Gasteiger partial charge on any atom is -0.493 e. The number of fused-ring (bicyclic) bond motifs is 2. The van der Waals surface area contributed by atoms with Crippen LogP contribution in [-0.4, -0.2) is 61.1 Å². The third-order valence-corrected chi connectivity index (χ3v) is 9.92. The number of anilines is 1. The fourth-order valence-electron chi connectivity index (χ4n) is 6.52. The van der Waals surface area contributed by atoms with Crippen LogP contribution < -0.4 is 20.1 Å². The second-order valence-corrected chi connectivity index (χ2v) is 12.1. The van der Waals surface area contributed by atoms with Gasteiger partial charge < -0.3 is 30.3 Å². The highest BCUT2D eigenvalue weighted by Gasteiger charge is 2.59. The van der Waals surface area contributed by atoms with Crippen molar-refractivity contribution < 1.29 is 24.5 Å². The largest absolute Gasteiger partial charge is 0.493 e. The molecule has 1 saturated carbocycles.